The molecule has 9 atom stereocenters. The third kappa shape index (κ3) is 3.99. The van der Waals surface area contributed by atoms with Crippen molar-refractivity contribution in [3.8, 4) is 0 Å². The van der Waals surface area contributed by atoms with Gasteiger partial charge in [0.15, 0.2) is 11.6 Å². The van der Waals surface area contributed by atoms with Gasteiger partial charge < -0.3 is 10.4 Å². The maximum Gasteiger partial charge on any atom is 0.226 e. The molecule has 5 heteroatoms. The molecule has 0 heterocycles. The van der Waals surface area contributed by atoms with Crippen LogP contribution in [0.25, 0.3) is 0 Å². The quantitative estimate of drug-likeness (QED) is 0.404. The van der Waals surface area contributed by atoms with Gasteiger partial charge in [0.05, 0.1) is 6.10 Å². The number of fused-ring (bicyclic) bond motifs is 7. The second-order valence-electron chi connectivity index (χ2n) is 16.2. The fraction of sp³-hybridized carbons (Fsp3) is 0.800. The SMILES string of the molecule is CCCC(O)CNC(=O)C1(C)CCC2(C)CCC3(C)C(C(=O)C=C4C5(C)C=CC(=O)C(C)(C)C5CCC43C)C2C1. The number of aliphatic hydroxyl groups is 1. The monoisotopic (exact) mass is 551 g/mol. The largest absolute Gasteiger partial charge is 0.391 e. The molecule has 0 saturated heterocycles. The molecule has 5 rings (SSSR count). The second kappa shape index (κ2) is 9.38. The molecule has 5 nitrogen and oxygen atoms in total. The molecule has 0 aromatic rings. The number of nitrogens with one attached hydrogen (secondary N) is 1. The first-order valence-corrected chi connectivity index (χ1v) is 16.0. The third-order valence-corrected chi connectivity index (χ3v) is 13.6. The van der Waals surface area contributed by atoms with Crippen molar-refractivity contribution in [2.45, 2.75) is 119 Å². The van der Waals surface area contributed by atoms with E-state index in [1.54, 1.807) is 6.08 Å². The van der Waals surface area contributed by atoms with E-state index in [4.69, 9.17) is 0 Å². The summed E-state index contributed by atoms with van der Waals surface area (Å²) in [7, 11) is 0. The average molecular weight is 552 g/mol. The second-order valence-corrected chi connectivity index (χ2v) is 16.2. The van der Waals surface area contributed by atoms with E-state index >= 15 is 0 Å². The first kappa shape index (κ1) is 29.7. The molecule has 222 valence electrons. The summed E-state index contributed by atoms with van der Waals surface area (Å²) in [6.45, 7) is 18.0. The summed E-state index contributed by atoms with van der Waals surface area (Å²) >= 11 is 0. The van der Waals surface area contributed by atoms with Gasteiger partial charge in [0.2, 0.25) is 5.91 Å². The lowest BCUT2D eigenvalue weighted by atomic mass is 9.34. The van der Waals surface area contributed by atoms with E-state index in [9.17, 15) is 19.5 Å². The first-order valence-electron chi connectivity index (χ1n) is 16.0. The van der Waals surface area contributed by atoms with Crippen molar-refractivity contribution in [2.24, 2.45) is 50.2 Å². The Morgan fingerprint density at radius 3 is 2.38 bits per heavy atom. The summed E-state index contributed by atoms with van der Waals surface area (Å²) in [5.41, 5.74) is -0.350. The van der Waals surface area contributed by atoms with Gasteiger partial charge in [-0.05, 0) is 91.6 Å². The highest BCUT2D eigenvalue weighted by atomic mass is 16.3. The number of hydrogen-bond acceptors (Lipinski definition) is 4. The maximum atomic E-state index is 14.4. The van der Waals surface area contributed by atoms with Crippen LogP contribution in [0.15, 0.2) is 23.8 Å². The minimum absolute atomic E-state index is 0.0231. The normalized spacial score (nSPS) is 46.3. The predicted octanol–water partition coefficient (Wildman–Crippen LogP) is 6.59. The molecule has 0 aliphatic heterocycles. The van der Waals surface area contributed by atoms with E-state index < -0.39 is 16.9 Å². The van der Waals surface area contributed by atoms with Gasteiger partial charge in [0, 0.05) is 28.7 Å². The van der Waals surface area contributed by atoms with Crippen molar-refractivity contribution in [2.75, 3.05) is 6.54 Å². The molecule has 0 aromatic carbocycles. The Morgan fingerprint density at radius 2 is 1.70 bits per heavy atom. The summed E-state index contributed by atoms with van der Waals surface area (Å²) in [6, 6.07) is 0. The summed E-state index contributed by atoms with van der Waals surface area (Å²) in [4.78, 5) is 40.9. The Labute approximate surface area is 242 Å². The molecule has 1 amide bonds. The predicted molar refractivity (Wildman–Crippen MR) is 158 cm³/mol. The lowest BCUT2D eigenvalue weighted by Crippen LogP contribution is -2.64. The highest BCUT2D eigenvalue weighted by molar-refractivity contribution is 5.98. The number of amides is 1. The lowest BCUT2D eigenvalue weighted by molar-refractivity contribution is -0.172. The van der Waals surface area contributed by atoms with E-state index in [0.717, 1.165) is 44.9 Å². The van der Waals surface area contributed by atoms with Crippen molar-refractivity contribution >= 4 is 17.5 Å². The Kier molecular flexibility index (Phi) is 6.97. The first-order chi connectivity index (χ1) is 18.5. The number of carbonyl (C=O) groups is 3. The van der Waals surface area contributed by atoms with Crippen LogP contribution in [0.3, 0.4) is 0 Å². The number of hydrogen-bond donors (Lipinski definition) is 2. The molecule has 2 N–H and O–H groups in total. The average Bonchev–Trinajstić information content (AvgIpc) is 2.88. The molecule has 3 saturated carbocycles. The van der Waals surface area contributed by atoms with Crippen molar-refractivity contribution in [3.63, 3.8) is 0 Å². The van der Waals surface area contributed by atoms with Gasteiger partial charge >= 0.3 is 0 Å². The van der Waals surface area contributed by atoms with Gasteiger partial charge in [-0.15, -0.1) is 0 Å². The fourth-order valence-corrected chi connectivity index (χ4v) is 10.5. The van der Waals surface area contributed by atoms with Crippen LogP contribution in [0.4, 0.5) is 0 Å². The molecule has 0 aromatic heterocycles. The Hall–Kier alpha value is -1.75. The molecule has 3 fully saturated rings. The molecule has 0 spiro atoms. The fourth-order valence-electron chi connectivity index (χ4n) is 10.5. The van der Waals surface area contributed by atoms with Crippen molar-refractivity contribution in [1.29, 1.82) is 0 Å². The van der Waals surface area contributed by atoms with E-state index in [2.05, 4.69) is 59.9 Å². The zero-order valence-electron chi connectivity index (χ0n) is 26.3. The van der Waals surface area contributed by atoms with E-state index in [-0.39, 0.29) is 56.9 Å². The van der Waals surface area contributed by atoms with E-state index in [1.807, 2.05) is 13.0 Å². The van der Waals surface area contributed by atoms with Crippen LogP contribution in [0.5, 0.6) is 0 Å². The summed E-state index contributed by atoms with van der Waals surface area (Å²) in [5, 5.41) is 13.3. The highest BCUT2D eigenvalue weighted by Gasteiger charge is 2.69. The number of rotatable bonds is 5. The minimum atomic E-state index is -0.542. The number of ketones is 2. The third-order valence-electron chi connectivity index (χ3n) is 13.6. The molecule has 5 aliphatic rings. The zero-order chi connectivity index (χ0) is 29.5. The molecule has 5 aliphatic carbocycles. The Balaban J connectivity index is 1.51. The Bertz CT molecular complexity index is 1170. The topological polar surface area (TPSA) is 83.5 Å². The van der Waals surface area contributed by atoms with Crippen molar-refractivity contribution in [1.82, 2.24) is 5.32 Å². The van der Waals surface area contributed by atoms with Gasteiger partial charge in [0.1, 0.15) is 0 Å². The smallest absolute Gasteiger partial charge is 0.226 e. The number of allylic oxidation sites excluding steroid dienone is 4. The number of aliphatic hydroxyl groups excluding tert-OH is 1. The molecule has 0 bridgehead atoms. The van der Waals surface area contributed by atoms with Crippen LogP contribution in [-0.4, -0.2) is 35.2 Å². The van der Waals surface area contributed by atoms with Gasteiger partial charge in [-0.1, -0.05) is 73.5 Å². The summed E-state index contributed by atoms with van der Waals surface area (Å²) < 4.78 is 0. The molecule has 40 heavy (non-hydrogen) atoms. The van der Waals surface area contributed by atoms with Crippen LogP contribution in [0.1, 0.15) is 113 Å². The van der Waals surface area contributed by atoms with E-state index in [0.29, 0.717) is 19.4 Å². The van der Waals surface area contributed by atoms with E-state index in [1.165, 1.54) is 5.57 Å². The molecular weight excluding hydrogens is 498 g/mol. The van der Waals surface area contributed by atoms with Gasteiger partial charge in [0.25, 0.3) is 0 Å². The van der Waals surface area contributed by atoms with Gasteiger partial charge in [-0.2, -0.15) is 0 Å². The van der Waals surface area contributed by atoms with Gasteiger partial charge in [-0.3, -0.25) is 14.4 Å². The standard InChI is InChI=1S/C35H53NO4/c1-9-10-22(37)21-36-29(40)32(5)16-15-31(4)17-18-35(8)28(23(31)20-32)24(38)19-26-33(6)13-12-27(39)30(2,3)25(33)11-14-34(26,35)7/h12-13,19,22-23,25,28,37H,9-11,14-18,20-21H2,1-8H3,(H,36,40). The molecule has 9 unspecified atom stereocenters. The lowest BCUT2D eigenvalue weighted by Gasteiger charge is -2.69. The molecule has 0 radical (unpaired) electrons. The van der Waals surface area contributed by atoms with Crippen LogP contribution in [0, 0.1) is 50.2 Å². The molecular formula is C35H53NO4. The van der Waals surface area contributed by atoms with Crippen molar-refractivity contribution < 1.29 is 19.5 Å². The van der Waals surface area contributed by atoms with Crippen LogP contribution >= 0.6 is 0 Å². The summed E-state index contributed by atoms with van der Waals surface area (Å²) in [5.74, 6) is 0.669. The highest BCUT2D eigenvalue weighted by Crippen LogP contribution is 2.74. The zero-order valence-corrected chi connectivity index (χ0v) is 26.3. The van der Waals surface area contributed by atoms with Crippen LogP contribution in [0.2, 0.25) is 0 Å². The maximum absolute atomic E-state index is 14.4. The van der Waals surface area contributed by atoms with Crippen LogP contribution < -0.4 is 5.32 Å². The van der Waals surface area contributed by atoms with Crippen LogP contribution in [-0.2, 0) is 14.4 Å². The minimum Gasteiger partial charge on any atom is -0.391 e. The summed E-state index contributed by atoms with van der Waals surface area (Å²) in [6.07, 6.45) is 13.5. The van der Waals surface area contributed by atoms with Gasteiger partial charge in [-0.25, -0.2) is 0 Å². The number of carbonyl (C=O) groups excluding carboxylic acids is 3. The Morgan fingerprint density at radius 1 is 1.02 bits per heavy atom. The van der Waals surface area contributed by atoms with Crippen molar-refractivity contribution in [3.05, 3.63) is 23.8 Å².